The predicted molar refractivity (Wildman–Crippen MR) is 100 cm³/mol. The lowest BCUT2D eigenvalue weighted by Gasteiger charge is -2.25. The Balaban J connectivity index is 2.88. The molecule has 0 aliphatic heterocycles. The monoisotopic (exact) mass is 355 g/mol. The summed E-state index contributed by atoms with van der Waals surface area (Å²) in [5.74, 6) is -0.134. The van der Waals surface area contributed by atoms with Crippen molar-refractivity contribution in [1.29, 1.82) is 0 Å². The number of anilines is 2. The summed E-state index contributed by atoms with van der Waals surface area (Å²) in [6, 6.07) is 7.41. The lowest BCUT2D eigenvalue weighted by Crippen LogP contribution is -2.34. The molecule has 1 N–H and O–H groups in total. The largest absolute Gasteiger partial charge is 0.372 e. The number of carbonyl (C=O) groups is 1. The van der Waals surface area contributed by atoms with E-state index in [9.17, 15) is 13.2 Å². The Morgan fingerprint density at radius 3 is 2.04 bits per heavy atom. The molecule has 1 aromatic rings. The highest BCUT2D eigenvalue weighted by atomic mass is 32.2. The van der Waals surface area contributed by atoms with Gasteiger partial charge in [0.05, 0.1) is 11.9 Å². The molecule has 1 rings (SSSR count). The first-order valence-electron chi connectivity index (χ1n) is 8.42. The van der Waals surface area contributed by atoms with Gasteiger partial charge in [0.25, 0.3) is 0 Å². The summed E-state index contributed by atoms with van der Waals surface area (Å²) in [5.41, 5.74) is 1.63. The van der Waals surface area contributed by atoms with Gasteiger partial charge in [-0.05, 0) is 44.5 Å². The topological polar surface area (TPSA) is 69.7 Å². The summed E-state index contributed by atoms with van der Waals surface area (Å²) in [6.07, 6.45) is 2.16. The number of benzene rings is 1. The van der Waals surface area contributed by atoms with Crippen LogP contribution in [0.1, 0.15) is 33.6 Å². The first-order valence-corrected chi connectivity index (χ1v) is 10.3. The Morgan fingerprint density at radius 2 is 1.58 bits per heavy atom. The molecule has 0 unspecified atom stereocenters. The minimum atomic E-state index is -3.44. The molecule has 0 fully saturated rings. The van der Waals surface area contributed by atoms with Gasteiger partial charge in [0, 0.05) is 38.3 Å². The third-order valence-corrected chi connectivity index (χ3v) is 4.97. The van der Waals surface area contributed by atoms with Crippen molar-refractivity contribution in [1.82, 2.24) is 5.32 Å². The van der Waals surface area contributed by atoms with Gasteiger partial charge in [-0.15, -0.1) is 0 Å². The van der Waals surface area contributed by atoms with Crippen molar-refractivity contribution in [3.8, 4) is 0 Å². The van der Waals surface area contributed by atoms with Crippen molar-refractivity contribution in [2.45, 2.75) is 33.6 Å². The van der Waals surface area contributed by atoms with Gasteiger partial charge in [-0.3, -0.25) is 9.10 Å². The summed E-state index contributed by atoms with van der Waals surface area (Å²) in [7, 11) is -3.44. The summed E-state index contributed by atoms with van der Waals surface area (Å²) in [5, 5.41) is 2.76. The van der Waals surface area contributed by atoms with Gasteiger partial charge in [-0.1, -0.05) is 6.92 Å². The summed E-state index contributed by atoms with van der Waals surface area (Å²) in [6.45, 7) is 8.66. The van der Waals surface area contributed by atoms with Crippen molar-refractivity contribution < 1.29 is 13.2 Å². The maximum absolute atomic E-state index is 12.1. The van der Waals surface area contributed by atoms with Gasteiger partial charge in [-0.2, -0.15) is 0 Å². The second-order valence-electron chi connectivity index (χ2n) is 5.62. The molecule has 0 spiro atoms. The molecule has 1 amide bonds. The molecule has 0 saturated carbocycles. The van der Waals surface area contributed by atoms with E-state index in [1.165, 1.54) is 4.31 Å². The van der Waals surface area contributed by atoms with Crippen LogP contribution in [0.15, 0.2) is 24.3 Å². The van der Waals surface area contributed by atoms with Crippen molar-refractivity contribution in [3.63, 3.8) is 0 Å². The van der Waals surface area contributed by atoms with E-state index in [-0.39, 0.29) is 18.9 Å². The number of nitrogens with one attached hydrogen (secondary N) is 1. The molecule has 0 heterocycles. The van der Waals surface area contributed by atoms with E-state index in [4.69, 9.17) is 0 Å². The highest BCUT2D eigenvalue weighted by Gasteiger charge is 2.18. The minimum absolute atomic E-state index is 0.134. The zero-order chi connectivity index (χ0) is 18.2. The molecule has 0 aliphatic carbocycles. The van der Waals surface area contributed by atoms with E-state index in [2.05, 4.69) is 24.1 Å². The molecule has 0 aromatic heterocycles. The second-order valence-corrected chi connectivity index (χ2v) is 7.53. The normalized spacial score (nSPS) is 11.2. The minimum Gasteiger partial charge on any atom is -0.372 e. The van der Waals surface area contributed by atoms with Crippen LogP contribution >= 0.6 is 0 Å². The fourth-order valence-corrected chi connectivity index (χ4v) is 3.39. The van der Waals surface area contributed by atoms with E-state index in [1.807, 2.05) is 19.1 Å². The molecule has 1 aromatic carbocycles. The Bertz CT molecular complexity index is 610. The van der Waals surface area contributed by atoms with Gasteiger partial charge < -0.3 is 10.2 Å². The van der Waals surface area contributed by atoms with E-state index >= 15 is 0 Å². The first kappa shape index (κ1) is 20.3. The quantitative estimate of drug-likeness (QED) is 0.699. The fraction of sp³-hybridized carbons (Fsp3) is 0.588. The fourth-order valence-electron chi connectivity index (χ4n) is 2.46. The second kappa shape index (κ2) is 9.52. The number of carbonyl (C=O) groups excluding carboxylic acids is 1. The SMILES string of the molecule is CCCNC(=O)CCN(c1ccc(N(CC)CC)cc1)S(C)(=O)=O. The Labute approximate surface area is 145 Å². The van der Waals surface area contributed by atoms with Crippen LogP contribution in [-0.4, -0.2) is 46.8 Å². The van der Waals surface area contributed by atoms with Crippen LogP contribution < -0.4 is 14.5 Å². The molecule has 6 nitrogen and oxygen atoms in total. The Kier molecular flexibility index (Phi) is 8.04. The molecule has 136 valence electrons. The molecule has 0 radical (unpaired) electrons. The van der Waals surface area contributed by atoms with E-state index < -0.39 is 10.0 Å². The van der Waals surface area contributed by atoms with Crippen molar-refractivity contribution in [2.24, 2.45) is 0 Å². The maximum Gasteiger partial charge on any atom is 0.232 e. The number of hydrogen-bond donors (Lipinski definition) is 1. The van der Waals surface area contributed by atoms with E-state index in [0.29, 0.717) is 12.2 Å². The lowest BCUT2D eigenvalue weighted by atomic mass is 10.2. The molecular weight excluding hydrogens is 326 g/mol. The highest BCUT2D eigenvalue weighted by molar-refractivity contribution is 7.92. The molecular formula is C17H29N3O3S. The molecule has 7 heteroatoms. The Morgan fingerprint density at radius 1 is 1.04 bits per heavy atom. The molecule has 0 aliphatic rings. The van der Waals surface area contributed by atoms with Gasteiger partial charge in [-0.25, -0.2) is 8.42 Å². The van der Waals surface area contributed by atoms with Crippen LogP contribution in [0.5, 0.6) is 0 Å². The molecule has 0 saturated heterocycles. The average molecular weight is 356 g/mol. The summed E-state index contributed by atoms with van der Waals surface area (Å²) >= 11 is 0. The lowest BCUT2D eigenvalue weighted by molar-refractivity contribution is -0.120. The van der Waals surface area contributed by atoms with Crippen LogP contribution in [0.4, 0.5) is 11.4 Å². The van der Waals surface area contributed by atoms with Crippen molar-refractivity contribution in [3.05, 3.63) is 24.3 Å². The molecule has 0 bridgehead atoms. The van der Waals surface area contributed by atoms with Crippen LogP contribution in [0.2, 0.25) is 0 Å². The third-order valence-electron chi connectivity index (χ3n) is 3.78. The standard InChI is InChI=1S/C17H29N3O3S/c1-5-13-18-17(21)12-14-20(24(4,22)23)16-10-8-15(9-11-16)19(6-2)7-3/h8-11H,5-7,12-14H2,1-4H3,(H,18,21). The van der Waals surface area contributed by atoms with Gasteiger partial charge in [0.2, 0.25) is 15.9 Å². The molecule has 24 heavy (non-hydrogen) atoms. The third kappa shape index (κ3) is 6.03. The van der Waals surface area contributed by atoms with Crippen molar-refractivity contribution >= 4 is 27.3 Å². The zero-order valence-corrected chi connectivity index (χ0v) is 15.9. The van der Waals surface area contributed by atoms with Gasteiger partial charge in [0.1, 0.15) is 0 Å². The number of rotatable bonds is 10. The maximum atomic E-state index is 12.1. The average Bonchev–Trinajstić information content (AvgIpc) is 2.54. The van der Waals surface area contributed by atoms with Crippen LogP contribution in [0.3, 0.4) is 0 Å². The number of sulfonamides is 1. The van der Waals surface area contributed by atoms with E-state index in [0.717, 1.165) is 31.5 Å². The summed E-state index contributed by atoms with van der Waals surface area (Å²) in [4.78, 5) is 13.9. The number of amides is 1. The van der Waals surface area contributed by atoms with Gasteiger partial charge in [0.15, 0.2) is 0 Å². The zero-order valence-electron chi connectivity index (χ0n) is 15.1. The van der Waals surface area contributed by atoms with Gasteiger partial charge >= 0.3 is 0 Å². The van der Waals surface area contributed by atoms with Crippen molar-refractivity contribution in [2.75, 3.05) is 41.6 Å². The van der Waals surface area contributed by atoms with E-state index in [1.54, 1.807) is 12.1 Å². The van der Waals surface area contributed by atoms with Crippen LogP contribution in [0, 0.1) is 0 Å². The number of nitrogens with zero attached hydrogens (tertiary/aromatic N) is 2. The van der Waals surface area contributed by atoms with Crippen LogP contribution in [-0.2, 0) is 14.8 Å². The summed E-state index contributed by atoms with van der Waals surface area (Å²) < 4.78 is 25.4. The smallest absolute Gasteiger partial charge is 0.232 e. The molecule has 0 atom stereocenters. The van der Waals surface area contributed by atoms with Crippen LogP contribution in [0.25, 0.3) is 0 Å². The Hall–Kier alpha value is -1.76. The number of hydrogen-bond acceptors (Lipinski definition) is 4. The first-order chi connectivity index (χ1) is 11.3. The predicted octanol–water partition coefficient (Wildman–Crippen LogP) is 2.22. The highest BCUT2D eigenvalue weighted by Crippen LogP contribution is 2.22.